The van der Waals surface area contributed by atoms with Crippen molar-refractivity contribution < 1.29 is 34.2 Å². The third kappa shape index (κ3) is 5.62. The van der Waals surface area contributed by atoms with Crippen LogP contribution in [0, 0.1) is 11.8 Å². The molecule has 0 saturated heterocycles. The first-order valence-corrected chi connectivity index (χ1v) is 10.4. The van der Waals surface area contributed by atoms with Crippen molar-refractivity contribution in [1.82, 2.24) is 4.72 Å². The molecule has 24 heavy (non-hydrogen) atoms. The summed E-state index contributed by atoms with van der Waals surface area (Å²) in [6, 6.07) is 0. The summed E-state index contributed by atoms with van der Waals surface area (Å²) in [5.74, 6) is -0.241. The maximum Gasteiger partial charge on any atom is 0.534 e. The molecule has 1 aliphatic carbocycles. The highest BCUT2D eigenvalue weighted by Gasteiger charge is 2.49. The van der Waals surface area contributed by atoms with E-state index in [4.69, 9.17) is 0 Å². The van der Waals surface area contributed by atoms with E-state index in [1.165, 1.54) is 6.08 Å². The van der Waals surface area contributed by atoms with Crippen LogP contribution in [0.3, 0.4) is 0 Å². The minimum Gasteiger partial charge on any atom is -0.381 e. The molecule has 0 radical (unpaired) electrons. The van der Waals surface area contributed by atoms with Gasteiger partial charge in [-0.2, -0.15) is 21.6 Å². The van der Waals surface area contributed by atoms with Crippen LogP contribution in [-0.4, -0.2) is 34.1 Å². The van der Waals surface area contributed by atoms with Gasteiger partial charge in [-0.25, -0.2) is 13.1 Å². The molecule has 2 atom stereocenters. The van der Waals surface area contributed by atoms with Crippen molar-refractivity contribution in [2.45, 2.75) is 50.8 Å². The number of sulfonamides is 1. The molecule has 0 fully saturated rings. The summed E-state index contributed by atoms with van der Waals surface area (Å²) in [6.45, 7) is 5.16. The summed E-state index contributed by atoms with van der Waals surface area (Å²) in [5.41, 5.74) is -5.45. The first-order valence-electron chi connectivity index (χ1n) is 7.44. The highest BCUT2D eigenvalue weighted by molar-refractivity contribution is 7.90. The van der Waals surface area contributed by atoms with Gasteiger partial charge in [0.15, 0.2) is 0 Å². The van der Waals surface area contributed by atoms with Crippen LogP contribution in [0.2, 0.25) is 0 Å². The molecule has 0 aromatic heterocycles. The first-order chi connectivity index (χ1) is 10.8. The van der Waals surface area contributed by atoms with Gasteiger partial charge in [-0.3, -0.25) is 0 Å². The molecule has 1 aliphatic rings. The Morgan fingerprint density at radius 3 is 2.25 bits per heavy atom. The lowest BCUT2D eigenvalue weighted by Gasteiger charge is -2.27. The Balaban J connectivity index is 2.60. The number of hydrogen-bond donors (Lipinski definition) is 1. The number of halogens is 3. The van der Waals surface area contributed by atoms with Gasteiger partial charge in [0.2, 0.25) is 10.0 Å². The van der Waals surface area contributed by atoms with Crippen molar-refractivity contribution in [3.63, 3.8) is 0 Å². The largest absolute Gasteiger partial charge is 0.534 e. The minimum absolute atomic E-state index is 0.0285. The zero-order valence-corrected chi connectivity index (χ0v) is 15.3. The Labute approximate surface area is 140 Å². The maximum atomic E-state index is 12.3. The highest BCUT2D eigenvalue weighted by Crippen LogP contribution is 2.33. The SMILES string of the molecule is CC(CNS(=O)(=O)C(C)C)C1CC=C(OS(=O)(=O)C(F)(F)F)CC1. The van der Waals surface area contributed by atoms with Crippen molar-refractivity contribution >= 4 is 20.1 Å². The fourth-order valence-electron chi connectivity index (χ4n) is 2.19. The summed E-state index contributed by atoms with van der Waals surface area (Å²) in [6.07, 6.45) is 2.13. The van der Waals surface area contributed by atoms with E-state index in [1.54, 1.807) is 13.8 Å². The maximum absolute atomic E-state index is 12.3. The lowest BCUT2D eigenvalue weighted by atomic mass is 9.83. The number of nitrogens with one attached hydrogen (secondary N) is 1. The molecule has 0 aromatic carbocycles. The Kier molecular flexibility index (Phi) is 6.73. The molecule has 0 spiro atoms. The molecular formula is C13H22F3NO5S2. The quantitative estimate of drug-likeness (QED) is 0.530. The van der Waals surface area contributed by atoms with Crippen molar-refractivity contribution in [1.29, 1.82) is 0 Å². The van der Waals surface area contributed by atoms with Gasteiger partial charge >= 0.3 is 15.6 Å². The molecule has 2 unspecified atom stereocenters. The van der Waals surface area contributed by atoms with Crippen molar-refractivity contribution in [2.24, 2.45) is 11.8 Å². The molecule has 142 valence electrons. The van der Waals surface area contributed by atoms with Gasteiger partial charge in [-0.05, 0) is 44.6 Å². The molecule has 0 saturated carbocycles. The number of alkyl halides is 3. The van der Waals surface area contributed by atoms with Crippen LogP contribution in [-0.2, 0) is 24.3 Å². The molecule has 1 rings (SSSR count). The van der Waals surface area contributed by atoms with Gasteiger partial charge < -0.3 is 4.18 Å². The molecule has 0 aromatic rings. The van der Waals surface area contributed by atoms with E-state index >= 15 is 0 Å². The van der Waals surface area contributed by atoms with Crippen LogP contribution >= 0.6 is 0 Å². The number of rotatable bonds is 7. The second-order valence-corrected chi connectivity index (χ2v) is 9.97. The average Bonchev–Trinajstić information content (AvgIpc) is 2.44. The van der Waals surface area contributed by atoms with Gasteiger partial charge in [0.25, 0.3) is 0 Å². The Hall–Kier alpha value is -0.810. The summed E-state index contributed by atoms with van der Waals surface area (Å²) in [7, 11) is -9.01. The topological polar surface area (TPSA) is 89.5 Å². The van der Waals surface area contributed by atoms with E-state index in [2.05, 4.69) is 8.91 Å². The molecule has 0 amide bonds. The van der Waals surface area contributed by atoms with E-state index in [0.29, 0.717) is 12.8 Å². The van der Waals surface area contributed by atoms with Gasteiger partial charge in [-0.1, -0.05) is 6.92 Å². The van der Waals surface area contributed by atoms with Gasteiger partial charge in [-0.15, -0.1) is 0 Å². The van der Waals surface area contributed by atoms with Gasteiger partial charge in [0.1, 0.15) is 5.76 Å². The Bertz CT molecular complexity index is 668. The van der Waals surface area contributed by atoms with Gasteiger partial charge in [0.05, 0.1) is 5.25 Å². The zero-order chi connectivity index (χ0) is 18.8. The second kappa shape index (κ2) is 7.61. The van der Waals surface area contributed by atoms with Crippen molar-refractivity contribution in [3.8, 4) is 0 Å². The monoisotopic (exact) mass is 393 g/mol. The van der Waals surface area contributed by atoms with Crippen LogP contribution in [0.5, 0.6) is 0 Å². The summed E-state index contributed by atoms with van der Waals surface area (Å²) in [4.78, 5) is 0. The van der Waals surface area contributed by atoms with E-state index in [-0.39, 0.29) is 30.6 Å². The van der Waals surface area contributed by atoms with E-state index in [1.807, 2.05) is 6.92 Å². The zero-order valence-electron chi connectivity index (χ0n) is 13.6. The summed E-state index contributed by atoms with van der Waals surface area (Å²) < 4.78 is 88.7. The highest BCUT2D eigenvalue weighted by atomic mass is 32.2. The van der Waals surface area contributed by atoms with E-state index < -0.39 is 30.9 Å². The average molecular weight is 393 g/mol. The van der Waals surface area contributed by atoms with Crippen LogP contribution in [0.25, 0.3) is 0 Å². The summed E-state index contributed by atoms with van der Waals surface area (Å²) >= 11 is 0. The smallest absolute Gasteiger partial charge is 0.381 e. The second-order valence-electron chi connectivity index (χ2n) is 6.11. The van der Waals surface area contributed by atoms with Crippen molar-refractivity contribution in [3.05, 3.63) is 11.8 Å². The molecule has 6 nitrogen and oxygen atoms in total. The lowest BCUT2D eigenvalue weighted by molar-refractivity contribution is -0.0524. The van der Waals surface area contributed by atoms with Gasteiger partial charge in [0, 0.05) is 13.0 Å². The first kappa shape index (κ1) is 21.2. The van der Waals surface area contributed by atoms with Crippen LogP contribution in [0.1, 0.15) is 40.0 Å². The molecule has 11 heteroatoms. The van der Waals surface area contributed by atoms with Crippen molar-refractivity contribution in [2.75, 3.05) is 6.54 Å². The molecular weight excluding hydrogens is 371 g/mol. The summed E-state index contributed by atoms with van der Waals surface area (Å²) in [5, 5.41) is -0.552. The van der Waals surface area contributed by atoms with Crippen LogP contribution in [0.4, 0.5) is 13.2 Å². The molecule has 0 aliphatic heterocycles. The normalized spacial score (nSPS) is 21.5. The van der Waals surface area contributed by atoms with Crippen LogP contribution < -0.4 is 4.72 Å². The fraction of sp³-hybridized carbons (Fsp3) is 0.846. The van der Waals surface area contributed by atoms with E-state index in [9.17, 15) is 30.0 Å². The number of allylic oxidation sites excluding steroid dienone is 2. The van der Waals surface area contributed by atoms with E-state index in [0.717, 1.165) is 0 Å². The molecule has 0 bridgehead atoms. The lowest BCUT2D eigenvalue weighted by Crippen LogP contribution is -2.36. The standard InChI is InChI=1S/C13H22F3NO5S2/c1-9(2)23(18,19)17-8-10(3)11-4-6-12(7-5-11)22-24(20,21)13(14,15)16/h6,9-11,17H,4-5,7-8H2,1-3H3. The van der Waals surface area contributed by atoms with Crippen LogP contribution in [0.15, 0.2) is 11.8 Å². The predicted octanol–water partition coefficient (Wildman–Crippen LogP) is 2.50. The molecule has 0 heterocycles. The fourth-order valence-corrected chi connectivity index (χ4v) is 3.55. The third-order valence-corrected chi connectivity index (χ3v) is 6.75. The Morgan fingerprint density at radius 1 is 1.25 bits per heavy atom. The predicted molar refractivity (Wildman–Crippen MR) is 82.7 cm³/mol. The minimum atomic E-state index is -5.63. The number of hydrogen-bond acceptors (Lipinski definition) is 5. The molecule has 1 N–H and O–H groups in total. The third-order valence-electron chi connectivity index (χ3n) is 3.94. The Morgan fingerprint density at radius 2 is 1.83 bits per heavy atom.